The van der Waals surface area contributed by atoms with Gasteiger partial charge in [0.2, 0.25) is 0 Å². The molecule has 0 spiro atoms. The zero-order valence-electron chi connectivity index (χ0n) is 21.7. The number of nitrogens with zero attached hydrogens (tertiary/aromatic N) is 6. The SMILES string of the molecule is Cc1ccnc(Cn2c(-c3ccc(OCCN4CCNCC4)cc3Cl)nc3c(NC4CCC4)ncnc32)c1. The van der Waals surface area contributed by atoms with Crippen molar-refractivity contribution in [1.82, 2.24) is 34.7 Å². The molecule has 10 heteroatoms. The number of ether oxygens (including phenoxy) is 1. The van der Waals surface area contributed by atoms with Crippen molar-refractivity contribution in [1.29, 1.82) is 0 Å². The molecule has 4 heterocycles. The highest BCUT2D eigenvalue weighted by Crippen LogP contribution is 2.35. The topological polar surface area (TPSA) is 93.0 Å². The molecule has 0 unspecified atom stereocenters. The number of piperazine rings is 1. The monoisotopic (exact) mass is 532 g/mol. The Hall–Kier alpha value is -3.27. The lowest BCUT2D eigenvalue weighted by molar-refractivity contribution is 0.191. The molecule has 0 radical (unpaired) electrons. The number of aromatic nitrogens is 5. The van der Waals surface area contributed by atoms with Crippen LogP contribution in [0.25, 0.3) is 22.6 Å². The van der Waals surface area contributed by atoms with Crippen LogP contribution in [0.5, 0.6) is 5.75 Å². The molecule has 2 aliphatic rings. The van der Waals surface area contributed by atoms with Crippen LogP contribution in [-0.4, -0.2) is 74.8 Å². The summed E-state index contributed by atoms with van der Waals surface area (Å²) in [5.41, 5.74) is 4.41. The molecule has 1 aromatic carbocycles. The molecule has 6 rings (SSSR count). The molecule has 3 aromatic heterocycles. The van der Waals surface area contributed by atoms with Crippen LogP contribution in [-0.2, 0) is 6.54 Å². The molecule has 1 saturated heterocycles. The Kier molecular flexibility index (Phi) is 7.40. The van der Waals surface area contributed by atoms with Crippen molar-refractivity contribution < 1.29 is 4.74 Å². The lowest BCUT2D eigenvalue weighted by Gasteiger charge is -2.26. The third kappa shape index (κ3) is 5.45. The molecule has 4 aromatic rings. The van der Waals surface area contributed by atoms with Crippen LogP contribution in [0.4, 0.5) is 5.82 Å². The van der Waals surface area contributed by atoms with Gasteiger partial charge in [0, 0.05) is 50.5 Å². The van der Waals surface area contributed by atoms with E-state index in [1.54, 1.807) is 6.33 Å². The Bertz CT molecular complexity index is 1410. The Balaban J connectivity index is 1.31. The number of hydrogen-bond acceptors (Lipinski definition) is 8. The second-order valence-electron chi connectivity index (χ2n) is 10.1. The van der Waals surface area contributed by atoms with Gasteiger partial charge in [-0.05, 0) is 62.1 Å². The Morgan fingerprint density at radius 2 is 1.97 bits per heavy atom. The Labute approximate surface area is 227 Å². The second kappa shape index (κ2) is 11.2. The number of rotatable bonds is 9. The van der Waals surface area contributed by atoms with E-state index < -0.39 is 0 Å². The first-order valence-electron chi connectivity index (χ1n) is 13.4. The van der Waals surface area contributed by atoms with Gasteiger partial charge in [0.1, 0.15) is 24.5 Å². The molecule has 1 saturated carbocycles. The van der Waals surface area contributed by atoms with Crippen LogP contribution in [0.3, 0.4) is 0 Å². The van der Waals surface area contributed by atoms with Crippen molar-refractivity contribution in [2.75, 3.05) is 44.6 Å². The number of pyridine rings is 1. The summed E-state index contributed by atoms with van der Waals surface area (Å²) in [6, 6.07) is 10.3. The Morgan fingerprint density at radius 3 is 2.74 bits per heavy atom. The number of aryl methyl sites for hydroxylation is 1. The molecular formula is C28H33ClN8O. The first kappa shape index (κ1) is 25.0. The number of benzene rings is 1. The van der Waals surface area contributed by atoms with E-state index >= 15 is 0 Å². The van der Waals surface area contributed by atoms with Gasteiger partial charge in [-0.1, -0.05) is 11.6 Å². The first-order chi connectivity index (χ1) is 18.6. The molecule has 38 heavy (non-hydrogen) atoms. The number of hydrogen-bond donors (Lipinski definition) is 2. The minimum atomic E-state index is 0.432. The van der Waals surface area contributed by atoms with E-state index in [1.165, 1.54) is 6.42 Å². The zero-order valence-corrected chi connectivity index (χ0v) is 22.4. The van der Waals surface area contributed by atoms with Crippen molar-refractivity contribution >= 4 is 28.6 Å². The fraction of sp³-hybridized carbons (Fsp3) is 0.429. The second-order valence-corrected chi connectivity index (χ2v) is 10.5. The molecule has 0 atom stereocenters. The van der Waals surface area contributed by atoms with Gasteiger partial charge in [0.15, 0.2) is 17.0 Å². The normalized spacial score (nSPS) is 16.5. The molecule has 1 aliphatic carbocycles. The molecule has 1 aliphatic heterocycles. The van der Waals surface area contributed by atoms with E-state index in [4.69, 9.17) is 21.3 Å². The minimum absolute atomic E-state index is 0.432. The molecule has 198 valence electrons. The van der Waals surface area contributed by atoms with Gasteiger partial charge in [0.05, 0.1) is 17.3 Å². The Morgan fingerprint density at radius 1 is 1.11 bits per heavy atom. The van der Waals surface area contributed by atoms with E-state index in [2.05, 4.69) is 48.0 Å². The van der Waals surface area contributed by atoms with Gasteiger partial charge in [0.25, 0.3) is 0 Å². The van der Waals surface area contributed by atoms with Crippen LogP contribution in [0.15, 0.2) is 42.9 Å². The average molecular weight is 533 g/mol. The minimum Gasteiger partial charge on any atom is -0.492 e. The van der Waals surface area contributed by atoms with Crippen LogP contribution in [0.2, 0.25) is 5.02 Å². The van der Waals surface area contributed by atoms with E-state index in [0.717, 1.165) is 90.9 Å². The first-order valence-corrected chi connectivity index (χ1v) is 13.8. The number of anilines is 1. The van der Waals surface area contributed by atoms with Crippen LogP contribution in [0, 0.1) is 6.92 Å². The molecule has 2 fully saturated rings. The number of nitrogens with one attached hydrogen (secondary N) is 2. The van der Waals surface area contributed by atoms with E-state index in [-0.39, 0.29) is 0 Å². The summed E-state index contributed by atoms with van der Waals surface area (Å²) in [6.07, 6.45) is 6.97. The van der Waals surface area contributed by atoms with Crippen molar-refractivity contribution in [2.45, 2.75) is 38.8 Å². The van der Waals surface area contributed by atoms with Crippen LogP contribution >= 0.6 is 11.6 Å². The van der Waals surface area contributed by atoms with Crippen molar-refractivity contribution in [3.8, 4) is 17.1 Å². The van der Waals surface area contributed by atoms with Gasteiger partial charge in [-0.15, -0.1) is 0 Å². The summed E-state index contributed by atoms with van der Waals surface area (Å²) < 4.78 is 8.12. The maximum atomic E-state index is 6.86. The highest BCUT2D eigenvalue weighted by atomic mass is 35.5. The number of halogens is 1. The molecule has 9 nitrogen and oxygen atoms in total. The maximum Gasteiger partial charge on any atom is 0.166 e. The van der Waals surface area contributed by atoms with Gasteiger partial charge >= 0.3 is 0 Å². The molecule has 2 N–H and O–H groups in total. The lowest BCUT2D eigenvalue weighted by Crippen LogP contribution is -2.44. The lowest BCUT2D eigenvalue weighted by atomic mass is 9.93. The zero-order chi connectivity index (χ0) is 25.9. The van der Waals surface area contributed by atoms with Crippen molar-refractivity contribution in [3.63, 3.8) is 0 Å². The third-order valence-electron chi connectivity index (χ3n) is 7.34. The number of imidazole rings is 1. The highest BCUT2D eigenvalue weighted by Gasteiger charge is 2.23. The maximum absolute atomic E-state index is 6.86. The molecule has 0 bridgehead atoms. The largest absolute Gasteiger partial charge is 0.492 e. The summed E-state index contributed by atoms with van der Waals surface area (Å²) >= 11 is 6.86. The van der Waals surface area contributed by atoms with E-state index in [0.29, 0.717) is 24.2 Å². The average Bonchev–Trinajstić information content (AvgIpc) is 3.25. The summed E-state index contributed by atoms with van der Waals surface area (Å²) in [5, 5.41) is 7.52. The number of fused-ring (bicyclic) bond motifs is 1. The molecule has 0 amide bonds. The summed E-state index contributed by atoms with van der Waals surface area (Å²) in [4.78, 5) is 21.2. The fourth-order valence-corrected chi connectivity index (χ4v) is 5.24. The van der Waals surface area contributed by atoms with Crippen LogP contribution in [0.1, 0.15) is 30.5 Å². The predicted octanol–water partition coefficient (Wildman–Crippen LogP) is 4.15. The predicted molar refractivity (Wildman–Crippen MR) is 150 cm³/mol. The summed E-state index contributed by atoms with van der Waals surface area (Å²) in [7, 11) is 0. The smallest absolute Gasteiger partial charge is 0.166 e. The fourth-order valence-electron chi connectivity index (χ4n) is 4.99. The standard InChI is InChI=1S/C28H33ClN8O/c1-19-7-8-31-21(15-19)17-37-27(35-25-26(32-18-33-28(25)37)34-20-3-2-4-20)23-6-5-22(16-24(23)29)38-14-13-36-11-9-30-10-12-36/h5-8,15-16,18,20,30H,2-4,9-14,17H2,1H3,(H,32,33,34). The highest BCUT2D eigenvalue weighted by molar-refractivity contribution is 6.33. The van der Waals surface area contributed by atoms with Gasteiger partial charge in [-0.3, -0.25) is 9.88 Å². The quantitative estimate of drug-likeness (QED) is 0.332. The van der Waals surface area contributed by atoms with Crippen molar-refractivity contribution in [3.05, 3.63) is 59.1 Å². The van der Waals surface area contributed by atoms with Gasteiger partial charge in [-0.25, -0.2) is 15.0 Å². The molecular weight excluding hydrogens is 500 g/mol. The summed E-state index contributed by atoms with van der Waals surface area (Å²) in [5.74, 6) is 2.25. The summed E-state index contributed by atoms with van der Waals surface area (Å²) in [6.45, 7) is 8.27. The van der Waals surface area contributed by atoms with Gasteiger partial charge < -0.3 is 19.9 Å². The van der Waals surface area contributed by atoms with Crippen LogP contribution < -0.4 is 15.4 Å². The third-order valence-corrected chi connectivity index (χ3v) is 7.65. The van der Waals surface area contributed by atoms with E-state index in [1.807, 2.05) is 30.5 Å². The van der Waals surface area contributed by atoms with Crippen molar-refractivity contribution in [2.24, 2.45) is 0 Å². The van der Waals surface area contributed by atoms with Gasteiger partial charge in [-0.2, -0.15) is 0 Å². The van der Waals surface area contributed by atoms with E-state index in [9.17, 15) is 0 Å².